The lowest BCUT2D eigenvalue weighted by Gasteiger charge is -2.33. The molecule has 3 heterocycles. The second-order valence-electron chi connectivity index (χ2n) is 7.30. The highest BCUT2D eigenvalue weighted by atomic mass is 16.5. The van der Waals surface area contributed by atoms with Crippen molar-refractivity contribution < 1.29 is 14.1 Å². The quantitative estimate of drug-likeness (QED) is 0.890. The van der Waals surface area contributed by atoms with Crippen LogP contribution in [0.25, 0.3) is 0 Å². The molecule has 1 saturated carbocycles. The van der Waals surface area contributed by atoms with Crippen molar-refractivity contribution in [2.45, 2.75) is 51.4 Å². The number of ether oxygens (including phenoxy) is 1. The topological polar surface area (TPSA) is 67.6 Å². The summed E-state index contributed by atoms with van der Waals surface area (Å²) in [6.07, 6.45) is 4.40. The van der Waals surface area contributed by atoms with Crippen LogP contribution in [0.5, 0.6) is 0 Å². The van der Waals surface area contributed by atoms with Crippen LogP contribution in [0.15, 0.2) is 10.6 Å². The lowest BCUT2D eigenvalue weighted by atomic mass is 9.91. The fourth-order valence-electron chi connectivity index (χ4n) is 3.71. The molecule has 1 amide bonds. The van der Waals surface area contributed by atoms with E-state index < -0.39 is 0 Å². The molecule has 0 spiro atoms. The summed E-state index contributed by atoms with van der Waals surface area (Å²) in [6, 6.07) is 1.98. The Morgan fingerprint density at radius 2 is 2.30 bits per heavy atom. The summed E-state index contributed by atoms with van der Waals surface area (Å²) >= 11 is 0. The van der Waals surface area contributed by atoms with Crippen molar-refractivity contribution >= 4 is 5.91 Å². The summed E-state index contributed by atoms with van der Waals surface area (Å²) in [5, 5.41) is 7.11. The number of fused-ring (bicyclic) bond motifs is 1. The van der Waals surface area contributed by atoms with Gasteiger partial charge in [0.1, 0.15) is 11.9 Å². The number of nitrogens with one attached hydrogen (secondary N) is 1. The van der Waals surface area contributed by atoms with Crippen LogP contribution in [-0.4, -0.2) is 47.8 Å². The van der Waals surface area contributed by atoms with Gasteiger partial charge in [-0.1, -0.05) is 5.16 Å². The molecule has 3 fully saturated rings. The Labute approximate surface area is 136 Å². The summed E-state index contributed by atoms with van der Waals surface area (Å²) in [4.78, 5) is 14.6. The molecule has 6 heteroatoms. The van der Waals surface area contributed by atoms with E-state index in [1.807, 2.05) is 13.0 Å². The Kier molecular flexibility index (Phi) is 4.11. The van der Waals surface area contributed by atoms with E-state index >= 15 is 0 Å². The molecular weight excluding hydrogens is 294 g/mol. The number of nitrogens with zero attached hydrogens (tertiary/aromatic N) is 2. The van der Waals surface area contributed by atoms with Crippen LogP contribution >= 0.6 is 0 Å². The highest BCUT2D eigenvalue weighted by Gasteiger charge is 2.42. The molecule has 0 unspecified atom stereocenters. The van der Waals surface area contributed by atoms with Crippen molar-refractivity contribution in [3.05, 3.63) is 17.5 Å². The van der Waals surface area contributed by atoms with Crippen molar-refractivity contribution in [2.24, 2.45) is 11.8 Å². The van der Waals surface area contributed by atoms with Gasteiger partial charge in [-0.25, -0.2) is 0 Å². The van der Waals surface area contributed by atoms with Gasteiger partial charge in [0, 0.05) is 25.7 Å². The zero-order valence-electron chi connectivity index (χ0n) is 13.7. The Hall–Kier alpha value is -1.40. The van der Waals surface area contributed by atoms with Crippen LogP contribution in [-0.2, 0) is 16.1 Å². The van der Waals surface area contributed by atoms with Gasteiger partial charge in [-0.2, -0.15) is 0 Å². The predicted molar refractivity (Wildman–Crippen MR) is 83.6 cm³/mol. The van der Waals surface area contributed by atoms with Gasteiger partial charge in [0.25, 0.3) is 0 Å². The Morgan fingerprint density at radius 1 is 1.43 bits per heavy atom. The minimum Gasteiger partial charge on any atom is -0.364 e. The molecule has 23 heavy (non-hydrogen) atoms. The number of likely N-dealkylation sites (tertiary alicyclic amines) is 1. The fraction of sp³-hybridized carbons (Fsp3) is 0.765. The zero-order valence-corrected chi connectivity index (χ0v) is 13.7. The third kappa shape index (κ3) is 3.58. The molecule has 0 radical (unpaired) electrons. The first kappa shape index (κ1) is 15.1. The molecule has 2 aliphatic heterocycles. The number of piperidine rings is 1. The van der Waals surface area contributed by atoms with E-state index in [2.05, 4.69) is 15.4 Å². The van der Waals surface area contributed by atoms with Gasteiger partial charge < -0.3 is 14.6 Å². The minimum atomic E-state index is -0.252. The first-order valence-electron chi connectivity index (χ1n) is 8.75. The minimum absolute atomic E-state index is 0.0879. The second kappa shape index (κ2) is 6.24. The van der Waals surface area contributed by atoms with Crippen molar-refractivity contribution in [1.82, 2.24) is 15.4 Å². The van der Waals surface area contributed by atoms with Gasteiger partial charge in [-0.15, -0.1) is 0 Å². The third-order valence-corrected chi connectivity index (χ3v) is 5.25. The van der Waals surface area contributed by atoms with Crippen LogP contribution in [0, 0.1) is 18.8 Å². The van der Waals surface area contributed by atoms with E-state index in [4.69, 9.17) is 9.26 Å². The SMILES string of the molecule is Cc1cc(CN2CC[C@@H]3C[C@@H](C(=O)NCC4CC4)O[C@H]3C2)no1. The maximum absolute atomic E-state index is 12.2. The molecule has 0 aromatic carbocycles. The molecule has 1 aliphatic carbocycles. The van der Waals surface area contributed by atoms with Crippen LogP contribution in [0.3, 0.4) is 0 Å². The number of carbonyl (C=O) groups excluding carboxylic acids is 1. The molecule has 4 rings (SSSR count). The van der Waals surface area contributed by atoms with Crippen molar-refractivity contribution in [1.29, 1.82) is 0 Å². The van der Waals surface area contributed by atoms with E-state index in [1.54, 1.807) is 0 Å². The first-order valence-corrected chi connectivity index (χ1v) is 8.75. The van der Waals surface area contributed by atoms with Crippen LogP contribution in [0.2, 0.25) is 0 Å². The Balaban J connectivity index is 1.28. The van der Waals surface area contributed by atoms with Crippen LogP contribution in [0.1, 0.15) is 37.1 Å². The molecule has 2 saturated heterocycles. The largest absolute Gasteiger partial charge is 0.364 e. The molecule has 1 aromatic rings. The number of aryl methyl sites for hydroxylation is 1. The summed E-state index contributed by atoms with van der Waals surface area (Å²) < 4.78 is 11.2. The number of hydrogen-bond donors (Lipinski definition) is 1. The fourth-order valence-corrected chi connectivity index (χ4v) is 3.71. The van der Waals surface area contributed by atoms with Gasteiger partial charge in [-0.05, 0) is 51.0 Å². The molecule has 3 aliphatic rings. The first-order chi connectivity index (χ1) is 11.2. The van der Waals surface area contributed by atoms with E-state index in [1.165, 1.54) is 12.8 Å². The average molecular weight is 319 g/mol. The smallest absolute Gasteiger partial charge is 0.249 e. The number of amides is 1. The molecular formula is C17H25N3O3. The number of carbonyl (C=O) groups is 1. The zero-order chi connectivity index (χ0) is 15.8. The summed E-state index contributed by atoms with van der Waals surface area (Å²) in [7, 11) is 0. The average Bonchev–Trinajstić information content (AvgIpc) is 3.13. The molecule has 1 N–H and O–H groups in total. The van der Waals surface area contributed by atoms with E-state index in [0.717, 1.165) is 50.5 Å². The van der Waals surface area contributed by atoms with Gasteiger partial charge in [0.15, 0.2) is 0 Å². The highest BCUT2D eigenvalue weighted by Crippen LogP contribution is 2.34. The Bertz CT molecular complexity index is 569. The van der Waals surface area contributed by atoms with E-state index in [0.29, 0.717) is 11.8 Å². The normalized spacial score (nSPS) is 31.1. The summed E-state index contributed by atoms with van der Waals surface area (Å²) in [5.74, 6) is 2.16. The number of aromatic nitrogens is 1. The lowest BCUT2D eigenvalue weighted by molar-refractivity contribution is -0.132. The predicted octanol–water partition coefficient (Wildman–Crippen LogP) is 1.49. The van der Waals surface area contributed by atoms with Gasteiger partial charge in [-0.3, -0.25) is 9.69 Å². The Morgan fingerprint density at radius 3 is 3.04 bits per heavy atom. The van der Waals surface area contributed by atoms with E-state index in [9.17, 15) is 4.79 Å². The number of rotatable bonds is 5. The van der Waals surface area contributed by atoms with Gasteiger partial charge in [0.2, 0.25) is 5.91 Å². The summed E-state index contributed by atoms with van der Waals surface area (Å²) in [5.41, 5.74) is 0.970. The number of hydrogen-bond acceptors (Lipinski definition) is 5. The molecule has 1 aromatic heterocycles. The molecule has 126 valence electrons. The third-order valence-electron chi connectivity index (χ3n) is 5.25. The molecule has 0 bridgehead atoms. The highest BCUT2D eigenvalue weighted by molar-refractivity contribution is 5.81. The lowest BCUT2D eigenvalue weighted by Crippen LogP contribution is -2.42. The second-order valence-corrected chi connectivity index (χ2v) is 7.30. The van der Waals surface area contributed by atoms with Crippen molar-refractivity contribution in [3.8, 4) is 0 Å². The van der Waals surface area contributed by atoms with E-state index in [-0.39, 0.29) is 18.1 Å². The van der Waals surface area contributed by atoms with Crippen molar-refractivity contribution in [3.63, 3.8) is 0 Å². The summed E-state index contributed by atoms with van der Waals surface area (Å²) in [6.45, 7) is 5.44. The van der Waals surface area contributed by atoms with Crippen molar-refractivity contribution in [2.75, 3.05) is 19.6 Å². The maximum atomic E-state index is 12.2. The maximum Gasteiger partial charge on any atom is 0.249 e. The molecule has 3 atom stereocenters. The van der Waals surface area contributed by atoms with Gasteiger partial charge >= 0.3 is 0 Å². The molecule has 6 nitrogen and oxygen atoms in total. The monoisotopic (exact) mass is 319 g/mol. The van der Waals surface area contributed by atoms with Crippen LogP contribution < -0.4 is 5.32 Å². The van der Waals surface area contributed by atoms with Crippen LogP contribution in [0.4, 0.5) is 0 Å². The standard InChI is InChI=1S/C17H25N3O3/c1-11-6-14(19-23-11)9-20-5-4-13-7-15(22-16(13)10-20)17(21)18-8-12-2-3-12/h6,12-13,15-16H,2-5,7-10H2,1H3,(H,18,21)/t13-,15+,16+/m1/s1. The van der Waals surface area contributed by atoms with Gasteiger partial charge in [0.05, 0.1) is 11.8 Å².